The minimum atomic E-state index is -4.71. The van der Waals surface area contributed by atoms with Crippen LogP contribution < -0.4 is 10.7 Å². The molecule has 34 heavy (non-hydrogen) atoms. The molecule has 0 saturated carbocycles. The highest BCUT2D eigenvalue weighted by atomic mass is 32.2. The van der Waals surface area contributed by atoms with Crippen LogP contribution in [0.15, 0.2) is 27.6 Å². The molecule has 2 aromatic heterocycles. The van der Waals surface area contributed by atoms with Crippen LogP contribution >= 0.6 is 0 Å². The van der Waals surface area contributed by atoms with E-state index < -0.39 is 45.2 Å². The van der Waals surface area contributed by atoms with Gasteiger partial charge in [0.15, 0.2) is 5.75 Å². The molecule has 2 fully saturated rings. The maximum atomic E-state index is 12.7. The normalized spacial score (nSPS) is 20.3. The SMILES string of the molecule is O=C(NC[C@H]1CC(=O)N1S(=O)(=O)O)c1cc([C@@H]2CCN(C(=O)c3cc(=O)c(O)cn3O)C2)no1. The van der Waals surface area contributed by atoms with Gasteiger partial charge in [0.05, 0.1) is 24.4 Å². The monoisotopic (exact) mass is 497 g/mol. The lowest BCUT2D eigenvalue weighted by Crippen LogP contribution is -2.59. The number of β-lactam (4-membered cyclic amide) rings is 1. The summed E-state index contributed by atoms with van der Waals surface area (Å²) >= 11 is 0. The largest absolute Gasteiger partial charge is 0.503 e. The van der Waals surface area contributed by atoms with Gasteiger partial charge in [-0.3, -0.25) is 23.7 Å². The van der Waals surface area contributed by atoms with Crippen molar-refractivity contribution < 1.29 is 42.2 Å². The van der Waals surface area contributed by atoms with Crippen LogP contribution in [-0.2, 0) is 15.1 Å². The number of nitrogens with one attached hydrogen (secondary N) is 1. The van der Waals surface area contributed by atoms with Crippen molar-refractivity contribution in [2.75, 3.05) is 19.6 Å². The first-order chi connectivity index (χ1) is 16.0. The van der Waals surface area contributed by atoms with E-state index in [1.165, 1.54) is 11.0 Å². The maximum absolute atomic E-state index is 12.7. The average molecular weight is 497 g/mol. The number of amides is 3. The summed E-state index contributed by atoms with van der Waals surface area (Å²) in [5, 5.41) is 25.4. The van der Waals surface area contributed by atoms with Gasteiger partial charge in [0.2, 0.25) is 17.1 Å². The quantitative estimate of drug-likeness (QED) is 0.206. The van der Waals surface area contributed by atoms with Crippen LogP contribution in [0.4, 0.5) is 0 Å². The number of carbonyl (C=O) groups excluding carboxylic acids is 3. The van der Waals surface area contributed by atoms with Crippen molar-refractivity contribution in [3.05, 3.63) is 45.7 Å². The fraction of sp³-hybridized carbons (Fsp3) is 0.389. The van der Waals surface area contributed by atoms with Gasteiger partial charge in [0.25, 0.3) is 11.8 Å². The third-order valence-corrected chi connectivity index (χ3v) is 6.61. The van der Waals surface area contributed by atoms with Crippen LogP contribution in [0.25, 0.3) is 0 Å². The number of hydrogen-bond donors (Lipinski definition) is 4. The van der Waals surface area contributed by atoms with Crippen LogP contribution in [0.5, 0.6) is 5.75 Å². The molecular formula is C18H19N5O10S. The second-order valence-electron chi connectivity index (χ2n) is 7.84. The molecule has 0 spiro atoms. The van der Waals surface area contributed by atoms with E-state index in [0.29, 0.717) is 16.8 Å². The highest BCUT2D eigenvalue weighted by molar-refractivity contribution is 7.84. The second-order valence-corrected chi connectivity index (χ2v) is 9.13. The lowest BCUT2D eigenvalue weighted by atomic mass is 10.0. The van der Waals surface area contributed by atoms with Gasteiger partial charge >= 0.3 is 10.3 Å². The molecule has 2 aromatic rings. The minimum absolute atomic E-state index is 0.156. The van der Waals surface area contributed by atoms with Crippen molar-refractivity contribution in [3.8, 4) is 5.75 Å². The summed E-state index contributed by atoms with van der Waals surface area (Å²) in [6.07, 6.45) is 1.03. The molecule has 4 heterocycles. The Bertz CT molecular complexity index is 1330. The van der Waals surface area contributed by atoms with Crippen molar-refractivity contribution in [1.29, 1.82) is 0 Å². The van der Waals surface area contributed by atoms with Crippen LogP contribution in [0, 0.1) is 0 Å². The van der Waals surface area contributed by atoms with Gasteiger partial charge in [-0.2, -0.15) is 13.1 Å². The zero-order valence-electron chi connectivity index (χ0n) is 17.3. The number of rotatable bonds is 6. The minimum Gasteiger partial charge on any atom is -0.503 e. The first kappa shape index (κ1) is 23.2. The first-order valence-corrected chi connectivity index (χ1v) is 11.3. The molecule has 2 saturated heterocycles. The summed E-state index contributed by atoms with van der Waals surface area (Å²) in [5.41, 5.74) is -0.759. The lowest BCUT2D eigenvalue weighted by Gasteiger charge is -2.36. The smallest absolute Gasteiger partial charge is 0.362 e. The van der Waals surface area contributed by atoms with Crippen LogP contribution in [0.3, 0.4) is 0 Å². The van der Waals surface area contributed by atoms with Gasteiger partial charge in [-0.25, -0.2) is 4.31 Å². The van der Waals surface area contributed by atoms with Gasteiger partial charge in [-0.15, -0.1) is 0 Å². The highest BCUT2D eigenvalue weighted by Crippen LogP contribution is 2.28. The number of carbonyl (C=O) groups is 3. The molecule has 4 rings (SSSR count). The van der Waals surface area contributed by atoms with Gasteiger partial charge in [-0.05, 0) is 6.42 Å². The Morgan fingerprint density at radius 2 is 2.00 bits per heavy atom. The van der Waals surface area contributed by atoms with E-state index in [1.807, 2.05) is 0 Å². The predicted molar refractivity (Wildman–Crippen MR) is 108 cm³/mol. The zero-order valence-corrected chi connectivity index (χ0v) is 18.1. The van der Waals surface area contributed by atoms with Crippen molar-refractivity contribution in [2.45, 2.75) is 24.8 Å². The first-order valence-electron chi connectivity index (χ1n) is 9.94. The molecule has 0 aliphatic carbocycles. The van der Waals surface area contributed by atoms with Crippen LogP contribution in [-0.4, -0.2) is 85.8 Å². The molecular weight excluding hydrogens is 478 g/mol. The molecule has 0 unspecified atom stereocenters. The zero-order chi connectivity index (χ0) is 24.8. The van der Waals surface area contributed by atoms with Gasteiger partial charge in [0.1, 0.15) is 5.69 Å². The Morgan fingerprint density at radius 3 is 2.68 bits per heavy atom. The summed E-state index contributed by atoms with van der Waals surface area (Å²) in [4.78, 5) is 49.3. The summed E-state index contributed by atoms with van der Waals surface area (Å²) in [5.74, 6) is -3.32. The molecule has 4 N–H and O–H groups in total. The third kappa shape index (κ3) is 4.32. The number of nitrogens with zero attached hydrogens (tertiary/aromatic N) is 4. The molecule has 2 aliphatic rings. The topological polar surface area (TPSA) is 213 Å². The highest BCUT2D eigenvalue weighted by Gasteiger charge is 2.44. The number of aromatic nitrogens is 2. The molecule has 15 nitrogen and oxygen atoms in total. The number of pyridine rings is 1. The Balaban J connectivity index is 1.36. The van der Waals surface area contributed by atoms with Crippen molar-refractivity contribution in [1.82, 2.24) is 24.4 Å². The van der Waals surface area contributed by atoms with Crippen molar-refractivity contribution >= 4 is 28.0 Å². The summed E-state index contributed by atoms with van der Waals surface area (Å²) in [6.45, 7) is 0.199. The van der Waals surface area contributed by atoms with Gasteiger partial charge in [-0.1, -0.05) is 5.16 Å². The van der Waals surface area contributed by atoms with E-state index in [-0.39, 0.29) is 47.7 Å². The lowest BCUT2D eigenvalue weighted by molar-refractivity contribution is -0.137. The molecule has 182 valence electrons. The van der Waals surface area contributed by atoms with Crippen LogP contribution in [0.1, 0.15) is 45.5 Å². The maximum Gasteiger partial charge on any atom is 0.362 e. The predicted octanol–water partition coefficient (Wildman–Crippen LogP) is -1.46. The van der Waals surface area contributed by atoms with Gasteiger partial charge in [0, 0.05) is 37.7 Å². The van der Waals surface area contributed by atoms with E-state index >= 15 is 0 Å². The fourth-order valence-corrected chi connectivity index (χ4v) is 4.70. The number of aromatic hydroxyl groups is 1. The number of hydrogen-bond acceptors (Lipinski definition) is 10. The van der Waals surface area contributed by atoms with Gasteiger partial charge < -0.3 is 25.1 Å². The van der Waals surface area contributed by atoms with E-state index in [2.05, 4.69) is 10.5 Å². The molecule has 0 bridgehead atoms. The molecule has 0 radical (unpaired) electrons. The molecule has 16 heteroatoms. The summed E-state index contributed by atoms with van der Waals surface area (Å²) < 4.78 is 37.0. The summed E-state index contributed by atoms with van der Waals surface area (Å²) in [6, 6.07) is 1.28. The molecule has 2 atom stereocenters. The Kier molecular flexibility index (Phi) is 5.78. The Morgan fingerprint density at radius 1 is 1.26 bits per heavy atom. The third-order valence-electron chi connectivity index (χ3n) is 5.61. The van der Waals surface area contributed by atoms with E-state index in [0.717, 1.165) is 12.3 Å². The standard InChI is InChI=1S/C18H19N5O10S/c24-13-5-12(22(29)8-14(13)25)18(28)21-2-1-9(7-21)11-4-15(33-20-11)17(27)19-6-10-3-16(26)23(10)34(30,31)32/h4-5,8-10,25,29H,1-3,6-7H2,(H,19,27)(H,30,31,32)/t9-,10-/m1/s1. The van der Waals surface area contributed by atoms with Crippen molar-refractivity contribution in [3.63, 3.8) is 0 Å². The van der Waals surface area contributed by atoms with E-state index in [1.54, 1.807) is 0 Å². The van der Waals surface area contributed by atoms with Crippen LogP contribution in [0.2, 0.25) is 0 Å². The average Bonchev–Trinajstić information content (AvgIpc) is 3.41. The summed E-state index contributed by atoms with van der Waals surface area (Å²) in [7, 11) is -4.71. The van der Waals surface area contributed by atoms with E-state index in [9.17, 15) is 37.9 Å². The Hall–Kier alpha value is -3.92. The Labute approximate surface area is 191 Å². The number of likely N-dealkylation sites (tertiary alicyclic amines) is 1. The molecule has 3 amide bonds. The molecule has 2 aliphatic heterocycles. The molecule has 0 aromatic carbocycles. The van der Waals surface area contributed by atoms with Crippen molar-refractivity contribution in [2.24, 2.45) is 0 Å². The fourth-order valence-electron chi connectivity index (χ4n) is 3.84. The van der Waals surface area contributed by atoms with E-state index in [4.69, 9.17) is 9.08 Å². The second kappa shape index (κ2) is 8.45.